The van der Waals surface area contributed by atoms with Gasteiger partial charge < -0.3 is 81.5 Å². The molecule has 5 aliphatic rings. The molecule has 27 heteroatoms. The van der Waals surface area contributed by atoms with Crippen molar-refractivity contribution >= 4 is 46.2 Å². The maximum atomic E-state index is 14.2. The van der Waals surface area contributed by atoms with E-state index in [9.17, 15) is 43.2 Å². The van der Waals surface area contributed by atoms with Crippen LogP contribution in [0.1, 0.15) is 83.9 Å². The fourth-order valence-electron chi connectivity index (χ4n) is 10.5. The highest BCUT2D eigenvalue weighted by Gasteiger charge is 2.45. The first kappa shape index (κ1) is 56.3. The summed E-state index contributed by atoms with van der Waals surface area (Å²) in [4.78, 5) is 63.3. The first-order valence-corrected chi connectivity index (χ1v) is 27.8. The summed E-state index contributed by atoms with van der Waals surface area (Å²) in [6.45, 7) is 1.40. The van der Waals surface area contributed by atoms with Crippen LogP contribution in [0.4, 0.5) is 5.69 Å². The van der Waals surface area contributed by atoms with Gasteiger partial charge in [-0.3, -0.25) is 24.4 Å². The van der Waals surface area contributed by atoms with Gasteiger partial charge in [0.1, 0.15) is 49.5 Å². The van der Waals surface area contributed by atoms with Crippen LogP contribution in [0.2, 0.25) is 0 Å². The number of aromatic nitrogens is 4. The molecule has 1 saturated heterocycles. The number of benzene rings is 4. The van der Waals surface area contributed by atoms with Crippen molar-refractivity contribution < 1.29 is 80.0 Å². The van der Waals surface area contributed by atoms with Crippen LogP contribution in [0.25, 0.3) is 0 Å². The van der Waals surface area contributed by atoms with Crippen molar-refractivity contribution in [3.63, 3.8) is 0 Å². The number of fused-ring (bicyclic) bond motifs is 6. The van der Waals surface area contributed by atoms with Crippen molar-refractivity contribution in [2.75, 3.05) is 27.4 Å². The second-order valence-corrected chi connectivity index (χ2v) is 21.5. The van der Waals surface area contributed by atoms with Gasteiger partial charge >= 0.3 is 10.4 Å². The molecule has 11 rings (SSSR count). The standard InChI is InChI=1S/C56H59N9O17S/c1-6-9-57-53(70)31-7-8-42(79-56-52(69)51(68)50(67)48(24-66)80-56)47(13-31)82-83(73,74)81-34-11-29(25-77-45-14-32-20-59-49-19-41-39(61-28-63(41)3)23-65(49)54(71)35(32)16-43(45)75-4)10-30(12-34)26-78-46-18-37-36(17-44(46)76-5)55(72)64-22-38-40(62(2)27-60-38)15-33(64)21-58-37/h7-8,10-14,16-18,20-21,27-28,33,48-52,56,66-69H,6,9,15,19,22-26H2,1-5H3,(H,57,70)/t33-,48+,49-,50-,51-,52+,56+/m0/s1. The lowest BCUT2D eigenvalue weighted by Crippen LogP contribution is -2.60. The summed E-state index contributed by atoms with van der Waals surface area (Å²) in [6, 6.07) is 13.9. The summed E-state index contributed by atoms with van der Waals surface area (Å²) in [5, 5.41) is 44.2. The average Bonchev–Trinajstić information content (AvgIpc) is 4.15. The Bertz CT molecular complexity index is 3530. The van der Waals surface area contributed by atoms with E-state index in [0.29, 0.717) is 47.2 Å². The molecule has 0 aliphatic carbocycles. The third kappa shape index (κ3) is 11.2. The lowest BCUT2D eigenvalue weighted by Gasteiger charge is -2.39. The number of hydrogen-bond donors (Lipinski definition) is 5. The monoisotopic (exact) mass is 1160 g/mol. The van der Waals surface area contributed by atoms with Crippen LogP contribution in [-0.2, 0) is 68.4 Å². The Morgan fingerprint density at radius 3 is 2.07 bits per heavy atom. The molecule has 6 aromatic rings. The summed E-state index contributed by atoms with van der Waals surface area (Å²) >= 11 is 0. The van der Waals surface area contributed by atoms with Gasteiger partial charge in [-0.1, -0.05) is 6.92 Å². The van der Waals surface area contributed by atoms with Crippen LogP contribution in [0.3, 0.4) is 0 Å². The molecule has 436 valence electrons. The molecular formula is C56H59N9O17S. The Morgan fingerprint density at radius 1 is 0.747 bits per heavy atom. The van der Waals surface area contributed by atoms with Crippen LogP contribution >= 0.6 is 0 Å². The number of rotatable bonds is 18. The maximum absolute atomic E-state index is 14.2. The molecule has 1 fully saturated rings. The SMILES string of the molecule is CCCNC(=O)c1ccc(O[C@@H]2O[C@H](CO)[C@H](O)[C@H](O)[C@H]2O)c(OS(=O)(=O)Oc2cc(COc3cc4c(cc3OC)C(=O)N3Cc5ncn(C)c5C[C@H]3N=C4)cc(COc3cc4c(cc3OC)C(=O)N3Cc5ncn(C)c5C[C@H]3C=N4)c2)c1. The van der Waals surface area contributed by atoms with Crippen molar-refractivity contribution in [2.24, 2.45) is 24.1 Å². The van der Waals surface area contributed by atoms with E-state index in [0.717, 1.165) is 28.8 Å². The predicted octanol–water partition coefficient (Wildman–Crippen LogP) is 2.59. The quantitative estimate of drug-likeness (QED) is 0.0826. The molecule has 0 spiro atoms. The Hall–Kier alpha value is -8.60. The van der Waals surface area contributed by atoms with Crippen molar-refractivity contribution in [2.45, 2.75) is 95.4 Å². The van der Waals surface area contributed by atoms with Crippen LogP contribution in [0, 0.1) is 0 Å². The van der Waals surface area contributed by atoms with Crippen LogP contribution < -0.4 is 37.4 Å². The minimum absolute atomic E-state index is 0.0620. The minimum Gasteiger partial charge on any atom is -0.493 e. The zero-order chi connectivity index (χ0) is 58.4. The molecule has 0 bridgehead atoms. The van der Waals surface area contributed by atoms with E-state index in [-0.39, 0.29) is 90.6 Å². The Labute approximate surface area is 475 Å². The van der Waals surface area contributed by atoms with E-state index in [1.807, 2.05) is 30.2 Å². The lowest BCUT2D eigenvalue weighted by molar-refractivity contribution is -0.277. The fraction of sp³-hybridized carbons (Fsp3) is 0.375. The molecule has 5 aliphatic heterocycles. The van der Waals surface area contributed by atoms with Gasteiger partial charge in [-0.25, -0.2) is 9.97 Å². The smallest absolute Gasteiger partial charge is 0.493 e. The normalized spacial score (nSPS) is 21.5. The van der Waals surface area contributed by atoms with E-state index in [1.165, 1.54) is 38.5 Å². The first-order valence-electron chi connectivity index (χ1n) is 26.5. The molecule has 0 saturated carbocycles. The Morgan fingerprint density at radius 2 is 1.40 bits per heavy atom. The number of imidazole rings is 2. The minimum atomic E-state index is -5.22. The maximum Gasteiger partial charge on any atom is 0.501 e. The number of ether oxygens (including phenoxy) is 6. The molecule has 5 N–H and O–H groups in total. The summed E-state index contributed by atoms with van der Waals surface area (Å²) in [6.07, 6.45) is -0.768. The molecule has 4 aromatic carbocycles. The van der Waals surface area contributed by atoms with Crippen LogP contribution in [0.15, 0.2) is 83.3 Å². The molecule has 26 nitrogen and oxygen atoms in total. The predicted molar refractivity (Wildman–Crippen MR) is 292 cm³/mol. The zero-order valence-corrected chi connectivity index (χ0v) is 46.4. The Kier molecular flexibility index (Phi) is 15.6. The molecule has 83 heavy (non-hydrogen) atoms. The number of nitrogens with one attached hydrogen (secondary N) is 1. The number of carbonyl (C=O) groups excluding carboxylic acids is 3. The first-order chi connectivity index (χ1) is 39.9. The Balaban J connectivity index is 0.899. The number of nitrogens with zero attached hydrogens (tertiary/aromatic N) is 8. The summed E-state index contributed by atoms with van der Waals surface area (Å²) in [7, 11) is 1.43. The number of amides is 3. The largest absolute Gasteiger partial charge is 0.501 e. The topological polar surface area (TPSA) is 319 Å². The van der Waals surface area contributed by atoms with Gasteiger partial charge in [-0.05, 0) is 72.1 Å². The van der Waals surface area contributed by atoms with Gasteiger partial charge in [0.2, 0.25) is 6.29 Å². The van der Waals surface area contributed by atoms with E-state index in [1.54, 1.807) is 65.2 Å². The van der Waals surface area contributed by atoms with Gasteiger partial charge in [0.15, 0.2) is 34.5 Å². The zero-order valence-electron chi connectivity index (χ0n) is 45.6. The van der Waals surface area contributed by atoms with Crippen molar-refractivity contribution in [1.82, 2.24) is 34.2 Å². The van der Waals surface area contributed by atoms with E-state index in [4.69, 9.17) is 46.8 Å². The van der Waals surface area contributed by atoms with Gasteiger partial charge in [0, 0.05) is 74.5 Å². The molecular weight excluding hydrogens is 1100 g/mol. The number of aliphatic hydroxyl groups excluding tert-OH is 4. The lowest BCUT2D eigenvalue weighted by atomic mass is 9.99. The van der Waals surface area contributed by atoms with Crippen LogP contribution in [0.5, 0.6) is 40.2 Å². The fourth-order valence-corrected chi connectivity index (χ4v) is 11.2. The van der Waals surface area contributed by atoms with Gasteiger partial charge in [-0.2, -0.15) is 0 Å². The molecule has 3 amide bonds. The summed E-state index contributed by atoms with van der Waals surface area (Å²) in [5.41, 5.74) is 5.57. The number of carbonyl (C=O) groups is 3. The second-order valence-electron chi connectivity index (χ2n) is 20.4. The third-order valence-electron chi connectivity index (χ3n) is 14.9. The third-order valence-corrected chi connectivity index (χ3v) is 15.7. The number of hydrogen-bond acceptors (Lipinski definition) is 21. The van der Waals surface area contributed by atoms with Crippen molar-refractivity contribution in [3.8, 4) is 40.2 Å². The second kappa shape index (κ2) is 23.0. The molecule has 2 aromatic heterocycles. The van der Waals surface area contributed by atoms with Crippen molar-refractivity contribution in [1.29, 1.82) is 0 Å². The highest BCUT2D eigenvalue weighted by Crippen LogP contribution is 2.41. The highest BCUT2D eigenvalue weighted by molar-refractivity contribution is 7.82. The average molecular weight is 1160 g/mol. The molecule has 7 heterocycles. The van der Waals surface area contributed by atoms with Gasteiger partial charge in [-0.15, -0.1) is 8.42 Å². The number of aryl methyl sites for hydroxylation is 2. The van der Waals surface area contributed by atoms with E-state index >= 15 is 0 Å². The van der Waals surface area contributed by atoms with Crippen LogP contribution in [-0.4, -0.2) is 158 Å². The van der Waals surface area contributed by atoms with Crippen molar-refractivity contribution in [3.05, 3.63) is 129 Å². The number of methoxy groups -OCH3 is 2. The number of aliphatic imine (C=N–C) groups is 2. The van der Waals surface area contributed by atoms with E-state index < -0.39 is 71.3 Å². The molecule has 0 radical (unpaired) electrons. The number of aliphatic hydroxyl groups is 4. The molecule has 7 atom stereocenters. The van der Waals surface area contributed by atoms with E-state index in [2.05, 4.69) is 15.3 Å². The van der Waals surface area contributed by atoms with Gasteiger partial charge in [0.25, 0.3) is 17.7 Å². The highest BCUT2D eigenvalue weighted by atomic mass is 32.3. The van der Waals surface area contributed by atoms with Gasteiger partial charge in [0.05, 0.1) is 80.8 Å². The summed E-state index contributed by atoms with van der Waals surface area (Å²) < 4.78 is 79.0. The summed E-state index contributed by atoms with van der Waals surface area (Å²) in [5.74, 6) is -1.66. The molecule has 0 unspecified atom stereocenters.